The van der Waals surface area contributed by atoms with Crippen molar-refractivity contribution in [3.8, 4) is 5.75 Å². The van der Waals surface area contributed by atoms with E-state index in [0.29, 0.717) is 5.75 Å². The summed E-state index contributed by atoms with van der Waals surface area (Å²) in [6.45, 7) is 5.71. The minimum atomic E-state index is -1.03. The standard InChI is InChI=1S/C14H18INO4/c1-4-14(2,3)16-12(17)8-20-11-7-9(13(18)19)5-6-10(11)15/h5-7H,4,8H2,1-3H3,(H,16,17)(H,18,19). The van der Waals surface area contributed by atoms with E-state index in [1.54, 1.807) is 6.07 Å². The monoisotopic (exact) mass is 391 g/mol. The van der Waals surface area contributed by atoms with Crippen molar-refractivity contribution < 1.29 is 19.4 Å². The first kappa shape index (κ1) is 16.7. The Balaban J connectivity index is 2.68. The van der Waals surface area contributed by atoms with Gasteiger partial charge in [-0.05, 0) is 61.1 Å². The van der Waals surface area contributed by atoms with Crippen LogP contribution in [0.25, 0.3) is 0 Å². The molecule has 1 aromatic rings. The maximum Gasteiger partial charge on any atom is 0.335 e. The Hall–Kier alpha value is -1.31. The van der Waals surface area contributed by atoms with Crippen molar-refractivity contribution in [2.75, 3.05) is 6.61 Å². The van der Waals surface area contributed by atoms with Gasteiger partial charge in [-0.15, -0.1) is 0 Å². The van der Waals surface area contributed by atoms with Crippen LogP contribution in [-0.4, -0.2) is 29.1 Å². The second kappa shape index (κ2) is 6.92. The third-order valence-electron chi connectivity index (χ3n) is 2.90. The van der Waals surface area contributed by atoms with Crippen molar-refractivity contribution in [1.82, 2.24) is 5.32 Å². The first-order valence-electron chi connectivity index (χ1n) is 6.22. The first-order valence-corrected chi connectivity index (χ1v) is 7.29. The van der Waals surface area contributed by atoms with Gasteiger partial charge in [0.2, 0.25) is 0 Å². The largest absolute Gasteiger partial charge is 0.483 e. The molecule has 0 aliphatic carbocycles. The highest BCUT2D eigenvalue weighted by Gasteiger charge is 2.18. The molecule has 0 saturated carbocycles. The van der Waals surface area contributed by atoms with E-state index in [0.717, 1.165) is 9.99 Å². The van der Waals surface area contributed by atoms with Gasteiger partial charge in [-0.25, -0.2) is 4.79 Å². The van der Waals surface area contributed by atoms with Gasteiger partial charge in [-0.1, -0.05) is 6.92 Å². The molecule has 0 radical (unpaired) electrons. The van der Waals surface area contributed by atoms with Gasteiger partial charge in [0.25, 0.3) is 5.91 Å². The second-order valence-corrected chi connectivity index (χ2v) is 6.19. The van der Waals surface area contributed by atoms with Crippen molar-refractivity contribution in [3.05, 3.63) is 27.3 Å². The summed E-state index contributed by atoms with van der Waals surface area (Å²) >= 11 is 2.03. The van der Waals surface area contributed by atoms with E-state index in [9.17, 15) is 9.59 Å². The molecule has 0 spiro atoms. The van der Waals surface area contributed by atoms with E-state index in [4.69, 9.17) is 9.84 Å². The van der Waals surface area contributed by atoms with E-state index in [1.807, 2.05) is 43.4 Å². The first-order chi connectivity index (χ1) is 9.25. The molecule has 110 valence electrons. The van der Waals surface area contributed by atoms with Crippen LogP contribution >= 0.6 is 22.6 Å². The molecule has 6 heteroatoms. The van der Waals surface area contributed by atoms with E-state index in [-0.39, 0.29) is 23.6 Å². The van der Waals surface area contributed by atoms with Crippen LogP contribution in [0.15, 0.2) is 18.2 Å². The van der Waals surface area contributed by atoms with Crippen molar-refractivity contribution >= 4 is 34.5 Å². The highest BCUT2D eigenvalue weighted by molar-refractivity contribution is 14.1. The summed E-state index contributed by atoms with van der Waals surface area (Å²) in [6.07, 6.45) is 0.810. The quantitative estimate of drug-likeness (QED) is 0.732. The van der Waals surface area contributed by atoms with Crippen LogP contribution in [0.5, 0.6) is 5.75 Å². The minimum absolute atomic E-state index is 0.134. The number of halogens is 1. The number of carbonyl (C=O) groups is 2. The molecule has 0 aliphatic heterocycles. The molecule has 1 rings (SSSR count). The molecule has 1 amide bonds. The van der Waals surface area contributed by atoms with Gasteiger partial charge in [-0.3, -0.25) is 4.79 Å². The fourth-order valence-electron chi connectivity index (χ4n) is 1.39. The predicted octanol–water partition coefficient (Wildman–Crippen LogP) is 2.67. The van der Waals surface area contributed by atoms with Gasteiger partial charge in [0.1, 0.15) is 5.75 Å². The zero-order valence-corrected chi connectivity index (χ0v) is 13.9. The molecule has 0 bridgehead atoms. The van der Waals surface area contributed by atoms with Crippen molar-refractivity contribution in [1.29, 1.82) is 0 Å². The van der Waals surface area contributed by atoms with Crippen LogP contribution in [0, 0.1) is 3.57 Å². The summed E-state index contributed by atoms with van der Waals surface area (Å²) in [7, 11) is 0. The molecular weight excluding hydrogens is 373 g/mol. The lowest BCUT2D eigenvalue weighted by molar-refractivity contribution is -0.124. The number of nitrogens with one attached hydrogen (secondary N) is 1. The van der Waals surface area contributed by atoms with Gasteiger partial charge in [0.05, 0.1) is 9.13 Å². The topological polar surface area (TPSA) is 75.6 Å². The van der Waals surface area contributed by atoms with Crippen LogP contribution in [0.4, 0.5) is 0 Å². The molecular formula is C14H18INO4. The molecule has 0 aromatic heterocycles. The third kappa shape index (κ3) is 4.99. The van der Waals surface area contributed by atoms with Crippen molar-refractivity contribution in [2.24, 2.45) is 0 Å². The Morgan fingerprint density at radius 1 is 1.40 bits per heavy atom. The fourth-order valence-corrected chi connectivity index (χ4v) is 1.88. The Labute approximate surface area is 131 Å². The number of ether oxygens (including phenoxy) is 1. The average Bonchev–Trinajstić information content (AvgIpc) is 2.37. The van der Waals surface area contributed by atoms with E-state index in [2.05, 4.69) is 5.32 Å². The number of aromatic carboxylic acids is 1. The zero-order valence-electron chi connectivity index (χ0n) is 11.7. The zero-order chi connectivity index (χ0) is 15.3. The highest BCUT2D eigenvalue weighted by Crippen LogP contribution is 2.22. The summed E-state index contributed by atoms with van der Waals surface area (Å²) in [4.78, 5) is 22.7. The van der Waals surface area contributed by atoms with Crippen LogP contribution in [0.3, 0.4) is 0 Å². The van der Waals surface area contributed by atoms with E-state index < -0.39 is 5.97 Å². The number of carboxylic acid groups (broad SMARTS) is 1. The summed E-state index contributed by atoms with van der Waals surface area (Å²) in [5.41, 5.74) is -0.147. The fraction of sp³-hybridized carbons (Fsp3) is 0.429. The average molecular weight is 391 g/mol. The maximum absolute atomic E-state index is 11.8. The third-order valence-corrected chi connectivity index (χ3v) is 3.79. The number of amides is 1. The number of carboxylic acids is 1. The molecule has 0 saturated heterocycles. The number of benzene rings is 1. The Bertz CT molecular complexity index is 514. The van der Waals surface area contributed by atoms with Crippen LogP contribution in [0.2, 0.25) is 0 Å². The van der Waals surface area contributed by atoms with Crippen molar-refractivity contribution in [3.63, 3.8) is 0 Å². The van der Waals surface area contributed by atoms with Gasteiger partial charge in [0.15, 0.2) is 6.61 Å². The van der Waals surface area contributed by atoms with Crippen LogP contribution in [0.1, 0.15) is 37.6 Å². The Morgan fingerprint density at radius 2 is 2.05 bits per heavy atom. The molecule has 2 N–H and O–H groups in total. The summed E-state index contributed by atoms with van der Waals surface area (Å²) in [5.74, 6) is -0.855. The van der Waals surface area contributed by atoms with E-state index >= 15 is 0 Å². The SMILES string of the molecule is CCC(C)(C)NC(=O)COc1cc(C(=O)O)ccc1I. The molecule has 20 heavy (non-hydrogen) atoms. The lowest BCUT2D eigenvalue weighted by atomic mass is 10.0. The minimum Gasteiger partial charge on any atom is -0.483 e. The normalized spacial score (nSPS) is 11.0. The van der Waals surface area contributed by atoms with Gasteiger partial charge in [0, 0.05) is 5.54 Å². The molecule has 0 fully saturated rings. The predicted molar refractivity (Wildman–Crippen MR) is 84.1 cm³/mol. The maximum atomic E-state index is 11.8. The smallest absolute Gasteiger partial charge is 0.335 e. The summed E-state index contributed by atoms with van der Waals surface area (Å²) in [5, 5.41) is 11.8. The van der Waals surface area contributed by atoms with Gasteiger partial charge >= 0.3 is 5.97 Å². The lowest BCUT2D eigenvalue weighted by Crippen LogP contribution is -2.44. The van der Waals surface area contributed by atoms with Gasteiger partial charge < -0.3 is 15.2 Å². The molecule has 0 atom stereocenters. The number of carbonyl (C=O) groups excluding carboxylic acids is 1. The lowest BCUT2D eigenvalue weighted by Gasteiger charge is -2.24. The van der Waals surface area contributed by atoms with Crippen molar-refractivity contribution in [2.45, 2.75) is 32.7 Å². The Morgan fingerprint density at radius 3 is 2.60 bits per heavy atom. The van der Waals surface area contributed by atoms with Crippen LogP contribution in [-0.2, 0) is 4.79 Å². The number of hydrogen-bond donors (Lipinski definition) is 2. The molecule has 5 nitrogen and oxygen atoms in total. The van der Waals surface area contributed by atoms with Gasteiger partial charge in [-0.2, -0.15) is 0 Å². The molecule has 0 aliphatic rings. The van der Waals surface area contributed by atoms with Crippen LogP contribution < -0.4 is 10.1 Å². The number of rotatable bonds is 6. The molecule has 0 heterocycles. The summed E-state index contributed by atoms with van der Waals surface area (Å²) < 4.78 is 6.16. The number of hydrogen-bond acceptors (Lipinski definition) is 3. The molecule has 0 unspecified atom stereocenters. The Kier molecular flexibility index (Phi) is 5.79. The summed E-state index contributed by atoms with van der Waals surface area (Å²) in [6, 6.07) is 4.56. The molecule has 1 aromatic carbocycles. The second-order valence-electron chi connectivity index (χ2n) is 5.02. The van der Waals surface area contributed by atoms with E-state index in [1.165, 1.54) is 12.1 Å². The highest BCUT2D eigenvalue weighted by atomic mass is 127.